The molecule has 1 heterocycles. The van der Waals surface area contributed by atoms with Crippen LogP contribution in [0.3, 0.4) is 0 Å². The van der Waals surface area contributed by atoms with E-state index in [1.807, 2.05) is 20.8 Å². The van der Waals surface area contributed by atoms with Crippen LogP contribution in [0.25, 0.3) is 0 Å². The van der Waals surface area contributed by atoms with Gasteiger partial charge in [-0.05, 0) is 5.41 Å². The van der Waals surface area contributed by atoms with E-state index in [0.717, 1.165) is 0 Å². The van der Waals surface area contributed by atoms with Gasteiger partial charge < -0.3 is 4.74 Å². The Kier molecular flexibility index (Phi) is 3.80. The van der Waals surface area contributed by atoms with Gasteiger partial charge in [-0.25, -0.2) is 4.98 Å². The first-order valence-electron chi connectivity index (χ1n) is 5.24. The maximum Gasteiger partial charge on any atom is 0.169 e. The number of Topliss-reactive ketones (excluding diaryl/α,β-unsaturated/α-hetero) is 1. The molecule has 0 aromatic carbocycles. The van der Waals surface area contributed by atoms with Crippen LogP contribution in [0.2, 0.25) is 0 Å². The first-order chi connectivity index (χ1) is 7.36. The maximum absolute atomic E-state index is 12.0. The topological polar surface area (TPSA) is 57.0 Å². The molecule has 5 nitrogen and oxygen atoms in total. The summed E-state index contributed by atoms with van der Waals surface area (Å²) in [6, 6.07) is 0. The van der Waals surface area contributed by atoms with Crippen LogP contribution in [0.4, 0.5) is 0 Å². The van der Waals surface area contributed by atoms with Crippen molar-refractivity contribution >= 4 is 5.78 Å². The smallest absolute Gasteiger partial charge is 0.169 e. The Balaban J connectivity index is 2.75. The monoisotopic (exact) mass is 225 g/mol. The van der Waals surface area contributed by atoms with Crippen LogP contribution in [0.1, 0.15) is 26.6 Å². The Morgan fingerprint density at radius 2 is 2.19 bits per heavy atom. The standard InChI is InChI=1S/C11H19N3O2/c1-11(2,3)10(16-5)8(15)6-9-12-7-13-14(9)4/h7,10H,6H2,1-5H3. The molecular weight excluding hydrogens is 206 g/mol. The van der Waals surface area contributed by atoms with Crippen molar-refractivity contribution in [2.45, 2.75) is 33.3 Å². The Hall–Kier alpha value is -1.23. The van der Waals surface area contributed by atoms with Crippen LogP contribution >= 0.6 is 0 Å². The summed E-state index contributed by atoms with van der Waals surface area (Å²) in [6.45, 7) is 5.95. The number of hydrogen-bond donors (Lipinski definition) is 0. The molecular formula is C11H19N3O2. The van der Waals surface area contributed by atoms with E-state index in [1.165, 1.54) is 6.33 Å². The lowest BCUT2D eigenvalue weighted by Gasteiger charge is -2.27. The summed E-state index contributed by atoms with van der Waals surface area (Å²) in [4.78, 5) is 16.1. The van der Waals surface area contributed by atoms with E-state index in [-0.39, 0.29) is 17.6 Å². The number of aromatic nitrogens is 3. The Labute approximate surface area is 95.8 Å². The third kappa shape index (κ3) is 2.88. The molecule has 1 atom stereocenters. The predicted octanol–water partition coefficient (Wildman–Crippen LogP) is 0.988. The molecule has 0 fully saturated rings. The third-order valence-electron chi connectivity index (χ3n) is 2.45. The van der Waals surface area contributed by atoms with Crippen molar-refractivity contribution in [3.8, 4) is 0 Å². The number of rotatable bonds is 4. The zero-order chi connectivity index (χ0) is 12.3. The molecule has 0 saturated carbocycles. The molecule has 16 heavy (non-hydrogen) atoms. The van der Waals surface area contributed by atoms with Crippen LogP contribution in [0.15, 0.2) is 6.33 Å². The van der Waals surface area contributed by atoms with Gasteiger partial charge in [0.05, 0.1) is 6.42 Å². The molecule has 0 saturated heterocycles. The fraction of sp³-hybridized carbons (Fsp3) is 0.727. The van der Waals surface area contributed by atoms with Crippen LogP contribution in [-0.2, 0) is 23.0 Å². The van der Waals surface area contributed by atoms with Crippen LogP contribution in [0.5, 0.6) is 0 Å². The molecule has 1 aromatic heterocycles. The molecule has 0 bridgehead atoms. The molecule has 5 heteroatoms. The lowest BCUT2D eigenvalue weighted by Crippen LogP contribution is -2.37. The van der Waals surface area contributed by atoms with Gasteiger partial charge in [0.25, 0.3) is 0 Å². The van der Waals surface area contributed by atoms with Crippen molar-refractivity contribution in [3.05, 3.63) is 12.2 Å². The van der Waals surface area contributed by atoms with Crippen LogP contribution in [-0.4, -0.2) is 33.8 Å². The second kappa shape index (κ2) is 4.74. The van der Waals surface area contributed by atoms with E-state index in [9.17, 15) is 4.79 Å². The maximum atomic E-state index is 12.0. The van der Waals surface area contributed by atoms with Crippen LogP contribution in [0, 0.1) is 5.41 Å². The molecule has 0 amide bonds. The molecule has 1 rings (SSSR count). The zero-order valence-electron chi connectivity index (χ0n) is 10.5. The second-order valence-electron chi connectivity index (χ2n) is 4.92. The van der Waals surface area contributed by atoms with Gasteiger partial charge in [-0.1, -0.05) is 20.8 Å². The molecule has 0 spiro atoms. The SMILES string of the molecule is COC(C(=O)Cc1ncnn1C)C(C)(C)C. The van der Waals surface area contributed by atoms with E-state index >= 15 is 0 Å². The first kappa shape index (κ1) is 12.8. The van der Waals surface area contributed by atoms with E-state index in [0.29, 0.717) is 5.82 Å². The van der Waals surface area contributed by atoms with Crippen molar-refractivity contribution in [1.29, 1.82) is 0 Å². The molecule has 90 valence electrons. The van der Waals surface area contributed by atoms with Gasteiger partial charge in [0, 0.05) is 14.2 Å². The minimum absolute atomic E-state index is 0.0334. The lowest BCUT2D eigenvalue weighted by molar-refractivity contribution is -0.134. The Morgan fingerprint density at radius 1 is 1.56 bits per heavy atom. The Bertz CT molecular complexity index is 366. The van der Waals surface area contributed by atoms with E-state index in [1.54, 1.807) is 18.8 Å². The molecule has 1 unspecified atom stereocenters. The first-order valence-corrected chi connectivity index (χ1v) is 5.24. The van der Waals surface area contributed by atoms with Gasteiger partial charge in [0.1, 0.15) is 18.3 Å². The van der Waals surface area contributed by atoms with E-state index in [2.05, 4.69) is 10.1 Å². The number of carbonyl (C=O) groups excluding carboxylic acids is 1. The summed E-state index contributed by atoms with van der Waals surface area (Å²) < 4.78 is 6.86. The van der Waals surface area contributed by atoms with Crippen LogP contribution < -0.4 is 0 Å². The highest BCUT2D eigenvalue weighted by Gasteiger charge is 2.31. The molecule has 0 aliphatic heterocycles. The number of ether oxygens (including phenoxy) is 1. The summed E-state index contributed by atoms with van der Waals surface area (Å²) >= 11 is 0. The summed E-state index contributed by atoms with van der Waals surface area (Å²) in [5.74, 6) is 0.697. The molecule has 0 aliphatic rings. The number of methoxy groups -OCH3 is 1. The number of ketones is 1. The van der Waals surface area contributed by atoms with Crippen molar-refractivity contribution in [3.63, 3.8) is 0 Å². The highest BCUT2D eigenvalue weighted by molar-refractivity contribution is 5.85. The number of carbonyl (C=O) groups is 1. The zero-order valence-corrected chi connectivity index (χ0v) is 10.5. The largest absolute Gasteiger partial charge is 0.373 e. The summed E-state index contributed by atoms with van der Waals surface area (Å²) in [7, 11) is 3.33. The van der Waals surface area contributed by atoms with Gasteiger partial charge in [0.15, 0.2) is 5.78 Å². The van der Waals surface area contributed by atoms with Gasteiger partial charge in [-0.3, -0.25) is 9.48 Å². The lowest BCUT2D eigenvalue weighted by atomic mass is 9.85. The fourth-order valence-corrected chi connectivity index (χ4v) is 1.70. The number of hydrogen-bond acceptors (Lipinski definition) is 4. The summed E-state index contributed by atoms with van der Waals surface area (Å²) in [5.41, 5.74) is -0.204. The van der Waals surface area contributed by atoms with Crippen molar-refractivity contribution in [2.75, 3.05) is 7.11 Å². The molecule has 1 aromatic rings. The summed E-state index contributed by atoms with van der Waals surface area (Å²) in [5, 5.41) is 3.93. The van der Waals surface area contributed by atoms with Crippen molar-refractivity contribution in [1.82, 2.24) is 14.8 Å². The van der Waals surface area contributed by atoms with Gasteiger partial charge in [-0.15, -0.1) is 0 Å². The minimum Gasteiger partial charge on any atom is -0.373 e. The fourth-order valence-electron chi connectivity index (χ4n) is 1.70. The number of nitrogens with zero attached hydrogens (tertiary/aromatic N) is 3. The number of aryl methyl sites for hydroxylation is 1. The molecule has 0 aliphatic carbocycles. The average molecular weight is 225 g/mol. The van der Waals surface area contributed by atoms with E-state index in [4.69, 9.17) is 4.74 Å². The predicted molar refractivity (Wildman–Crippen MR) is 60.0 cm³/mol. The second-order valence-corrected chi connectivity index (χ2v) is 4.92. The molecule has 0 radical (unpaired) electrons. The summed E-state index contributed by atoms with van der Waals surface area (Å²) in [6.07, 6.45) is 1.29. The van der Waals surface area contributed by atoms with Crippen molar-refractivity contribution in [2.24, 2.45) is 12.5 Å². The molecule has 0 N–H and O–H groups in total. The minimum atomic E-state index is -0.413. The third-order valence-corrected chi connectivity index (χ3v) is 2.45. The highest BCUT2D eigenvalue weighted by atomic mass is 16.5. The van der Waals surface area contributed by atoms with Gasteiger partial charge >= 0.3 is 0 Å². The van der Waals surface area contributed by atoms with E-state index < -0.39 is 6.10 Å². The van der Waals surface area contributed by atoms with Gasteiger partial charge in [0.2, 0.25) is 0 Å². The highest BCUT2D eigenvalue weighted by Crippen LogP contribution is 2.23. The normalized spacial score (nSPS) is 13.8. The van der Waals surface area contributed by atoms with Gasteiger partial charge in [-0.2, -0.15) is 5.10 Å². The Morgan fingerprint density at radius 3 is 2.56 bits per heavy atom. The van der Waals surface area contributed by atoms with Crippen molar-refractivity contribution < 1.29 is 9.53 Å². The quantitative estimate of drug-likeness (QED) is 0.766. The average Bonchev–Trinajstić information content (AvgIpc) is 2.50.